The highest BCUT2D eigenvalue weighted by Gasteiger charge is 2.30. The highest BCUT2D eigenvalue weighted by Crippen LogP contribution is 2.26. The maximum absolute atomic E-state index is 12.1. The standard InChI is InChI=1S/C16H10ClF3N2O3/c17-13-7-10(8-21)1-6-14(13)24-9-15(23)22-11-2-4-12(5-3-11)25-16(18,19)20/h1-7H,9H2,(H,22,23). The van der Waals surface area contributed by atoms with Gasteiger partial charge in [-0.15, -0.1) is 13.2 Å². The fourth-order valence-electron chi connectivity index (χ4n) is 1.77. The molecule has 130 valence electrons. The van der Waals surface area contributed by atoms with E-state index in [0.717, 1.165) is 12.1 Å². The Balaban J connectivity index is 1.89. The molecule has 0 saturated heterocycles. The maximum Gasteiger partial charge on any atom is 0.573 e. The molecular formula is C16H10ClF3N2O3. The highest BCUT2D eigenvalue weighted by molar-refractivity contribution is 6.32. The summed E-state index contributed by atoms with van der Waals surface area (Å²) in [7, 11) is 0. The maximum atomic E-state index is 12.1. The van der Waals surface area contributed by atoms with Crippen molar-refractivity contribution in [2.75, 3.05) is 11.9 Å². The van der Waals surface area contributed by atoms with Crippen LogP contribution < -0.4 is 14.8 Å². The van der Waals surface area contributed by atoms with Crippen molar-refractivity contribution in [2.45, 2.75) is 6.36 Å². The molecule has 2 rings (SSSR count). The van der Waals surface area contributed by atoms with E-state index in [1.807, 2.05) is 6.07 Å². The monoisotopic (exact) mass is 370 g/mol. The first-order valence-corrected chi connectivity index (χ1v) is 7.13. The molecule has 1 amide bonds. The number of halogens is 4. The van der Waals surface area contributed by atoms with E-state index < -0.39 is 18.0 Å². The summed E-state index contributed by atoms with van der Waals surface area (Å²) in [5.41, 5.74) is 0.622. The van der Waals surface area contributed by atoms with Crippen LogP contribution in [0, 0.1) is 11.3 Å². The van der Waals surface area contributed by atoms with Crippen molar-refractivity contribution in [2.24, 2.45) is 0 Å². The summed E-state index contributed by atoms with van der Waals surface area (Å²) in [5.74, 6) is -0.708. The molecule has 0 fully saturated rings. The smallest absolute Gasteiger partial charge is 0.482 e. The second-order valence-electron chi connectivity index (χ2n) is 4.67. The predicted molar refractivity (Wildman–Crippen MR) is 83.4 cm³/mol. The Morgan fingerprint density at radius 1 is 1.20 bits per heavy atom. The van der Waals surface area contributed by atoms with Crippen LogP contribution in [-0.2, 0) is 4.79 Å². The van der Waals surface area contributed by atoms with Crippen LogP contribution in [0.15, 0.2) is 42.5 Å². The molecule has 0 aromatic heterocycles. The molecule has 5 nitrogen and oxygen atoms in total. The number of nitrogens with one attached hydrogen (secondary N) is 1. The van der Waals surface area contributed by atoms with Crippen molar-refractivity contribution in [1.82, 2.24) is 0 Å². The van der Waals surface area contributed by atoms with Gasteiger partial charge in [0.05, 0.1) is 16.7 Å². The van der Waals surface area contributed by atoms with Crippen LogP contribution in [0.1, 0.15) is 5.56 Å². The van der Waals surface area contributed by atoms with Crippen LogP contribution in [0.25, 0.3) is 0 Å². The van der Waals surface area contributed by atoms with Crippen LogP contribution in [0.4, 0.5) is 18.9 Å². The highest BCUT2D eigenvalue weighted by atomic mass is 35.5. The molecule has 1 N–H and O–H groups in total. The third-order valence-electron chi connectivity index (χ3n) is 2.79. The average molecular weight is 371 g/mol. The third-order valence-corrected chi connectivity index (χ3v) is 3.09. The lowest BCUT2D eigenvalue weighted by Gasteiger charge is -2.11. The number of anilines is 1. The van der Waals surface area contributed by atoms with Crippen LogP contribution in [0.3, 0.4) is 0 Å². The molecule has 9 heteroatoms. The minimum absolute atomic E-state index is 0.181. The van der Waals surface area contributed by atoms with Crippen LogP contribution in [0.2, 0.25) is 5.02 Å². The second-order valence-corrected chi connectivity index (χ2v) is 5.07. The first-order chi connectivity index (χ1) is 11.8. The number of nitriles is 1. The lowest BCUT2D eigenvalue weighted by atomic mass is 10.2. The van der Waals surface area contributed by atoms with Crippen molar-refractivity contribution in [1.29, 1.82) is 5.26 Å². The molecule has 25 heavy (non-hydrogen) atoms. The first kappa shape index (κ1) is 18.4. The molecule has 0 radical (unpaired) electrons. The van der Waals surface area contributed by atoms with E-state index >= 15 is 0 Å². The topological polar surface area (TPSA) is 71.3 Å². The molecule has 0 aliphatic heterocycles. The van der Waals surface area contributed by atoms with Gasteiger partial charge in [0.2, 0.25) is 0 Å². The molecule has 0 aliphatic carbocycles. The van der Waals surface area contributed by atoms with E-state index in [2.05, 4.69) is 10.1 Å². The van der Waals surface area contributed by atoms with Gasteiger partial charge in [0.25, 0.3) is 5.91 Å². The average Bonchev–Trinajstić information content (AvgIpc) is 2.54. The lowest BCUT2D eigenvalue weighted by molar-refractivity contribution is -0.274. The number of carbonyl (C=O) groups is 1. The molecule has 0 saturated carbocycles. The van der Waals surface area contributed by atoms with Gasteiger partial charge < -0.3 is 14.8 Å². The van der Waals surface area contributed by atoms with Crippen LogP contribution in [-0.4, -0.2) is 18.9 Å². The van der Waals surface area contributed by atoms with Crippen molar-refractivity contribution in [3.63, 3.8) is 0 Å². The Kier molecular flexibility index (Phi) is 5.72. The third kappa shape index (κ3) is 5.90. The summed E-state index contributed by atoms with van der Waals surface area (Å²) >= 11 is 5.91. The summed E-state index contributed by atoms with van der Waals surface area (Å²) in [6, 6.07) is 10.9. The van der Waals surface area contributed by atoms with Crippen molar-refractivity contribution in [3.05, 3.63) is 53.1 Å². The van der Waals surface area contributed by atoms with Gasteiger partial charge in [-0.05, 0) is 42.5 Å². The number of carbonyl (C=O) groups excluding carboxylic acids is 1. The van der Waals surface area contributed by atoms with Gasteiger partial charge in [-0.3, -0.25) is 4.79 Å². The zero-order chi connectivity index (χ0) is 18.4. The van der Waals surface area contributed by atoms with E-state index in [9.17, 15) is 18.0 Å². The van der Waals surface area contributed by atoms with Crippen molar-refractivity contribution >= 4 is 23.2 Å². The van der Waals surface area contributed by atoms with Gasteiger partial charge in [0, 0.05) is 5.69 Å². The van der Waals surface area contributed by atoms with Crippen molar-refractivity contribution in [3.8, 4) is 17.6 Å². The predicted octanol–water partition coefficient (Wildman–Crippen LogP) is 4.13. The Labute approximate surface area is 145 Å². The number of hydrogen-bond acceptors (Lipinski definition) is 4. The van der Waals surface area contributed by atoms with Crippen LogP contribution >= 0.6 is 11.6 Å². The summed E-state index contributed by atoms with van der Waals surface area (Å²) in [6.45, 7) is -0.369. The van der Waals surface area contributed by atoms with Gasteiger partial charge >= 0.3 is 6.36 Å². The van der Waals surface area contributed by atoms with Gasteiger partial charge in [0.15, 0.2) is 6.61 Å². The largest absolute Gasteiger partial charge is 0.573 e. The van der Waals surface area contributed by atoms with Crippen molar-refractivity contribution < 1.29 is 27.4 Å². The Morgan fingerprint density at radius 3 is 2.44 bits per heavy atom. The first-order valence-electron chi connectivity index (χ1n) is 6.75. The molecule has 0 atom stereocenters. The zero-order valence-electron chi connectivity index (χ0n) is 12.4. The summed E-state index contributed by atoms with van der Waals surface area (Å²) in [5, 5.41) is 11.4. The van der Waals surface area contributed by atoms with E-state index in [0.29, 0.717) is 5.56 Å². The molecule has 2 aromatic carbocycles. The van der Waals surface area contributed by atoms with Gasteiger partial charge in [-0.1, -0.05) is 11.6 Å². The molecule has 0 heterocycles. The number of amides is 1. The van der Waals surface area contributed by atoms with E-state index in [4.69, 9.17) is 21.6 Å². The fourth-order valence-corrected chi connectivity index (χ4v) is 2.00. The Morgan fingerprint density at radius 2 is 1.88 bits per heavy atom. The Bertz CT molecular complexity index is 802. The van der Waals surface area contributed by atoms with Crippen LogP contribution in [0.5, 0.6) is 11.5 Å². The number of hydrogen-bond donors (Lipinski definition) is 1. The van der Waals surface area contributed by atoms with E-state index in [-0.39, 0.29) is 23.1 Å². The summed E-state index contributed by atoms with van der Waals surface area (Å²) in [6.07, 6.45) is -4.78. The number of alkyl halides is 3. The minimum atomic E-state index is -4.78. The molecular weight excluding hydrogens is 361 g/mol. The summed E-state index contributed by atoms with van der Waals surface area (Å²) in [4.78, 5) is 11.8. The fraction of sp³-hybridized carbons (Fsp3) is 0.125. The van der Waals surface area contributed by atoms with Gasteiger partial charge in [0.1, 0.15) is 11.5 Å². The number of nitrogens with zero attached hydrogens (tertiary/aromatic N) is 1. The molecule has 0 aliphatic rings. The quantitative estimate of drug-likeness (QED) is 0.859. The van der Waals surface area contributed by atoms with E-state index in [1.165, 1.54) is 30.3 Å². The minimum Gasteiger partial charge on any atom is -0.482 e. The number of ether oxygens (including phenoxy) is 2. The SMILES string of the molecule is N#Cc1ccc(OCC(=O)Nc2ccc(OC(F)(F)F)cc2)c(Cl)c1. The van der Waals surface area contributed by atoms with Gasteiger partial charge in [-0.25, -0.2) is 0 Å². The zero-order valence-corrected chi connectivity index (χ0v) is 13.2. The summed E-state index contributed by atoms with van der Waals surface area (Å²) < 4.78 is 45.1. The molecule has 0 spiro atoms. The lowest BCUT2D eigenvalue weighted by Crippen LogP contribution is -2.20. The Hall–Kier alpha value is -2.92. The number of rotatable bonds is 5. The second kappa shape index (κ2) is 7.77. The number of benzene rings is 2. The van der Waals surface area contributed by atoms with E-state index in [1.54, 1.807) is 0 Å². The molecule has 0 bridgehead atoms. The normalized spacial score (nSPS) is 10.7. The molecule has 0 unspecified atom stereocenters. The van der Waals surface area contributed by atoms with Gasteiger partial charge in [-0.2, -0.15) is 5.26 Å². The molecule has 2 aromatic rings.